The van der Waals surface area contributed by atoms with Crippen molar-refractivity contribution in [2.24, 2.45) is 0 Å². The van der Waals surface area contributed by atoms with Crippen LogP contribution in [0.3, 0.4) is 0 Å². The number of hydrogen-bond acceptors (Lipinski definition) is 7. The summed E-state index contributed by atoms with van der Waals surface area (Å²) in [4.78, 5) is 18.7. The highest BCUT2D eigenvalue weighted by molar-refractivity contribution is 7.15. The van der Waals surface area contributed by atoms with Crippen molar-refractivity contribution in [3.05, 3.63) is 35.1 Å². The standard InChI is InChI=1S/C17H24N6OS/c1-23(11-13-5-9-19-10-6-13)12-14(24)20-17(7-3-2-4-8-17)15-21-22-16(18)25-15/h5-6,9-10H,2-4,7-8,11-12H2,1H3,(H2,18,22)(H,20,24). The molecule has 0 saturated heterocycles. The van der Waals surface area contributed by atoms with Gasteiger partial charge in [0, 0.05) is 18.9 Å². The molecule has 7 nitrogen and oxygen atoms in total. The van der Waals surface area contributed by atoms with E-state index in [-0.39, 0.29) is 5.91 Å². The molecule has 1 fully saturated rings. The molecule has 0 aliphatic heterocycles. The maximum absolute atomic E-state index is 12.7. The van der Waals surface area contributed by atoms with Crippen LogP contribution < -0.4 is 11.1 Å². The van der Waals surface area contributed by atoms with Gasteiger partial charge in [0.25, 0.3) is 0 Å². The van der Waals surface area contributed by atoms with Gasteiger partial charge in [-0.05, 0) is 37.6 Å². The predicted octanol–water partition coefficient (Wildman–Crippen LogP) is 1.92. The van der Waals surface area contributed by atoms with Crippen molar-refractivity contribution in [2.45, 2.75) is 44.2 Å². The van der Waals surface area contributed by atoms with Crippen molar-refractivity contribution < 1.29 is 4.79 Å². The van der Waals surface area contributed by atoms with E-state index in [1.165, 1.54) is 17.8 Å². The monoisotopic (exact) mass is 360 g/mol. The van der Waals surface area contributed by atoms with E-state index in [2.05, 4.69) is 20.5 Å². The molecule has 2 aromatic heterocycles. The fourth-order valence-electron chi connectivity index (χ4n) is 3.38. The summed E-state index contributed by atoms with van der Waals surface area (Å²) in [5.41, 5.74) is 6.48. The molecule has 3 rings (SSSR count). The normalized spacial score (nSPS) is 16.7. The third kappa shape index (κ3) is 4.52. The van der Waals surface area contributed by atoms with E-state index in [9.17, 15) is 4.79 Å². The second kappa shape index (κ2) is 7.88. The van der Waals surface area contributed by atoms with E-state index in [1.807, 2.05) is 24.1 Å². The third-order valence-electron chi connectivity index (χ3n) is 4.55. The Hall–Kier alpha value is -2.06. The number of nitrogens with two attached hydrogens (primary N) is 1. The molecule has 1 amide bonds. The maximum atomic E-state index is 12.7. The van der Waals surface area contributed by atoms with E-state index >= 15 is 0 Å². The van der Waals surface area contributed by atoms with Crippen LogP contribution in [-0.4, -0.2) is 39.6 Å². The van der Waals surface area contributed by atoms with Crippen LogP contribution in [0.5, 0.6) is 0 Å². The van der Waals surface area contributed by atoms with Gasteiger partial charge in [-0.1, -0.05) is 30.6 Å². The van der Waals surface area contributed by atoms with Gasteiger partial charge in [-0.25, -0.2) is 0 Å². The molecule has 25 heavy (non-hydrogen) atoms. The lowest BCUT2D eigenvalue weighted by molar-refractivity contribution is -0.124. The molecule has 1 aliphatic rings. The Morgan fingerprint density at radius 1 is 1.28 bits per heavy atom. The summed E-state index contributed by atoms with van der Waals surface area (Å²) in [7, 11) is 1.94. The van der Waals surface area contributed by atoms with Gasteiger partial charge in [0.15, 0.2) is 0 Å². The molecule has 0 aromatic carbocycles. The van der Waals surface area contributed by atoms with E-state index in [4.69, 9.17) is 5.73 Å². The molecule has 0 atom stereocenters. The number of pyridine rings is 1. The molecule has 0 bridgehead atoms. The summed E-state index contributed by atoms with van der Waals surface area (Å²) in [6.45, 7) is 1.03. The zero-order valence-electron chi connectivity index (χ0n) is 14.4. The van der Waals surface area contributed by atoms with Crippen LogP contribution in [0.25, 0.3) is 0 Å². The van der Waals surface area contributed by atoms with Crippen LogP contribution in [0.4, 0.5) is 5.13 Å². The maximum Gasteiger partial charge on any atom is 0.234 e. The summed E-state index contributed by atoms with van der Waals surface area (Å²) in [6, 6.07) is 3.92. The fraction of sp³-hybridized carbons (Fsp3) is 0.529. The van der Waals surface area contributed by atoms with Gasteiger partial charge in [-0.2, -0.15) is 0 Å². The zero-order valence-corrected chi connectivity index (χ0v) is 15.3. The highest BCUT2D eigenvalue weighted by Gasteiger charge is 2.38. The van der Waals surface area contributed by atoms with Crippen molar-refractivity contribution in [3.8, 4) is 0 Å². The van der Waals surface area contributed by atoms with Gasteiger partial charge in [0.05, 0.1) is 12.1 Å². The molecule has 1 saturated carbocycles. The van der Waals surface area contributed by atoms with E-state index in [0.717, 1.165) is 36.3 Å². The lowest BCUT2D eigenvalue weighted by Crippen LogP contribution is -2.50. The predicted molar refractivity (Wildman–Crippen MR) is 97.8 cm³/mol. The van der Waals surface area contributed by atoms with Crippen LogP contribution in [0.2, 0.25) is 0 Å². The molecule has 0 spiro atoms. The molecule has 2 heterocycles. The van der Waals surface area contributed by atoms with Crippen molar-refractivity contribution in [3.63, 3.8) is 0 Å². The molecule has 0 radical (unpaired) electrons. The van der Waals surface area contributed by atoms with Crippen LogP contribution >= 0.6 is 11.3 Å². The molecule has 3 N–H and O–H groups in total. The minimum Gasteiger partial charge on any atom is -0.374 e. The Morgan fingerprint density at radius 3 is 2.64 bits per heavy atom. The van der Waals surface area contributed by atoms with Crippen molar-refractivity contribution in [1.29, 1.82) is 0 Å². The number of carbonyl (C=O) groups excluding carboxylic acids is 1. The van der Waals surface area contributed by atoms with Crippen molar-refractivity contribution >= 4 is 22.4 Å². The summed E-state index contributed by atoms with van der Waals surface area (Å²) < 4.78 is 0. The first-order valence-corrected chi connectivity index (χ1v) is 9.37. The van der Waals surface area contributed by atoms with E-state index in [0.29, 0.717) is 18.2 Å². The second-order valence-electron chi connectivity index (χ2n) is 6.66. The van der Waals surface area contributed by atoms with Crippen LogP contribution in [0.15, 0.2) is 24.5 Å². The Kier molecular flexibility index (Phi) is 5.60. The molecular weight excluding hydrogens is 336 g/mol. The summed E-state index contributed by atoms with van der Waals surface area (Å²) in [5.74, 6) is 0.00669. The van der Waals surface area contributed by atoms with Gasteiger partial charge in [0.2, 0.25) is 11.0 Å². The Bertz CT molecular complexity index is 698. The smallest absolute Gasteiger partial charge is 0.234 e. The van der Waals surface area contributed by atoms with Crippen LogP contribution in [0.1, 0.15) is 42.7 Å². The first-order valence-electron chi connectivity index (χ1n) is 8.55. The minimum atomic E-state index is -0.415. The topological polar surface area (TPSA) is 97.0 Å². The number of hydrogen-bond donors (Lipinski definition) is 2. The molecular formula is C17H24N6OS. The average Bonchev–Trinajstić information content (AvgIpc) is 3.03. The highest BCUT2D eigenvalue weighted by Crippen LogP contribution is 2.38. The Morgan fingerprint density at radius 2 is 2.00 bits per heavy atom. The molecule has 134 valence electrons. The lowest BCUT2D eigenvalue weighted by atomic mass is 9.82. The fourth-order valence-corrected chi connectivity index (χ4v) is 4.19. The second-order valence-corrected chi connectivity index (χ2v) is 7.67. The number of likely N-dealkylation sites (N-methyl/N-ethyl adjacent to an activating group) is 1. The van der Waals surface area contributed by atoms with Gasteiger partial charge in [-0.15, -0.1) is 10.2 Å². The lowest BCUT2D eigenvalue weighted by Gasteiger charge is -2.36. The molecule has 8 heteroatoms. The van der Waals surface area contributed by atoms with Gasteiger partial charge >= 0.3 is 0 Å². The molecule has 1 aliphatic carbocycles. The van der Waals surface area contributed by atoms with Crippen molar-refractivity contribution in [2.75, 3.05) is 19.3 Å². The van der Waals surface area contributed by atoms with Gasteiger partial charge < -0.3 is 11.1 Å². The van der Waals surface area contributed by atoms with Gasteiger partial charge in [0.1, 0.15) is 5.01 Å². The summed E-state index contributed by atoms with van der Waals surface area (Å²) in [5, 5.41) is 12.7. The Labute approximate surface area is 151 Å². The highest BCUT2D eigenvalue weighted by atomic mass is 32.1. The first kappa shape index (κ1) is 17.8. The number of nitrogen functional groups attached to an aromatic ring is 1. The van der Waals surface area contributed by atoms with Crippen molar-refractivity contribution in [1.82, 2.24) is 25.4 Å². The summed E-state index contributed by atoms with van der Waals surface area (Å²) >= 11 is 1.38. The number of carbonyl (C=O) groups is 1. The third-order valence-corrected chi connectivity index (χ3v) is 5.51. The number of aromatic nitrogens is 3. The first-order chi connectivity index (χ1) is 12.1. The zero-order chi connectivity index (χ0) is 17.7. The van der Waals surface area contributed by atoms with Crippen LogP contribution in [0, 0.1) is 0 Å². The number of amides is 1. The van der Waals surface area contributed by atoms with E-state index < -0.39 is 5.54 Å². The van der Waals surface area contributed by atoms with E-state index in [1.54, 1.807) is 12.4 Å². The minimum absolute atomic E-state index is 0.00669. The quantitative estimate of drug-likeness (QED) is 0.817. The summed E-state index contributed by atoms with van der Waals surface area (Å²) in [6.07, 6.45) is 8.65. The van der Waals surface area contributed by atoms with Gasteiger partial charge in [-0.3, -0.25) is 14.7 Å². The number of nitrogens with zero attached hydrogens (tertiary/aromatic N) is 4. The molecule has 0 unspecified atom stereocenters. The Balaban J connectivity index is 1.64. The number of nitrogens with one attached hydrogen (secondary N) is 1. The largest absolute Gasteiger partial charge is 0.374 e. The number of anilines is 1. The average molecular weight is 360 g/mol. The SMILES string of the molecule is CN(CC(=O)NC1(c2nnc(N)s2)CCCCC1)Cc1ccncc1. The number of rotatable bonds is 6. The van der Waals surface area contributed by atoms with Crippen LogP contribution in [-0.2, 0) is 16.9 Å². The molecule has 2 aromatic rings.